The lowest BCUT2D eigenvalue weighted by Gasteiger charge is -2.11. The predicted octanol–water partition coefficient (Wildman–Crippen LogP) is 2.83. The Morgan fingerprint density at radius 3 is 2.92 bits per heavy atom. The van der Waals surface area contributed by atoms with Crippen molar-refractivity contribution in [3.8, 4) is 0 Å². The van der Waals surface area contributed by atoms with E-state index in [0.717, 1.165) is 29.9 Å². The molecule has 0 radical (unpaired) electrons. The summed E-state index contributed by atoms with van der Waals surface area (Å²) in [5, 5.41) is 0. The highest BCUT2D eigenvalue weighted by atomic mass is 32.2. The Labute approximate surface area is 83.3 Å². The number of rotatable bonds is 1. The fourth-order valence-corrected chi connectivity index (χ4v) is 2.33. The molecular weight excluding hydrogens is 188 g/mol. The molecule has 0 aliphatic heterocycles. The van der Waals surface area contributed by atoms with Gasteiger partial charge in [-0.25, -0.2) is 0 Å². The van der Waals surface area contributed by atoms with Gasteiger partial charge in [-0.3, -0.25) is 4.79 Å². The molecule has 1 aliphatic rings. The summed E-state index contributed by atoms with van der Waals surface area (Å²) >= 11 is 6.71. The van der Waals surface area contributed by atoms with Crippen LogP contribution in [-0.4, -0.2) is 16.2 Å². The van der Waals surface area contributed by atoms with Crippen LogP contribution in [0.15, 0.2) is 0 Å². The first-order valence-electron chi connectivity index (χ1n) is 4.36. The molecule has 0 heterocycles. The summed E-state index contributed by atoms with van der Waals surface area (Å²) < 4.78 is 0.891. The van der Waals surface area contributed by atoms with Crippen molar-refractivity contribution in [1.82, 2.24) is 0 Å². The number of Topliss-reactive ketones (excluding diaryl/α,β-unsaturated/α-hetero) is 1. The monoisotopic (exact) mass is 202 g/mol. The third-order valence-electron chi connectivity index (χ3n) is 2.29. The van der Waals surface area contributed by atoms with Crippen LogP contribution in [0.4, 0.5) is 0 Å². The Bertz CT molecular complexity index is 189. The van der Waals surface area contributed by atoms with E-state index in [0.29, 0.717) is 5.78 Å². The summed E-state index contributed by atoms with van der Waals surface area (Å²) in [7, 11) is 0. The zero-order valence-corrected chi connectivity index (χ0v) is 8.97. The van der Waals surface area contributed by atoms with Crippen LogP contribution in [0.25, 0.3) is 0 Å². The molecule has 0 saturated heterocycles. The molecule has 1 saturated carbocycles. The van der Waals surface area contributed by atoms with Crippen molar-refractivity contribution in [2.75, 3.05) is 6.26 Å². The molecule has 12 heavy (non-hydrogen) atoms. The van der Waals surface area contributed by atoms with Crippen molar-refractivity contribution < 1.29 is 4.79 Å². The predicted molar refractivity (Wildman–Crippen MR) is 57.7 cm³/mol. The number of hydrogen-bond acceptors (Lipinski definition) is 3. The Morgan fingerprint density at radius 1 is 1.50 bits per heavy atom. The molecular formula is C9H14OS2. The molecule has 1 nitrogen and oxygen atoms in total. The minimum absolute atomic E-state index is 0.0810. The van der Waals surface area contributed by atoms with Crippen LogP contribution in [0.2, 0.25) is 0 Å². The third-order valence-corrected chi connectivity index (χ3v) is 3.76. The molecule has 3 heteroatoms. The summed E-state index contributed by atoms with van der Waals surface area (Å²) in [5.41, 5.74) is 0. The minimum Gasteiger partial charge on any atom is -0.299 e. The Morgan fingerprint density at radius 2 is 2.25 bits per heavy atom. The molecule has 0 spiro atoms. The average Bonchev–Trinajstić information content (AvgIpc) is 2.28. The van der Waals surface area contributed by atoms with Gasteiger partial charge in [0, 0.05) is 6.42 Å². The number of carbonyl (C=O) groups is 1. The van der Waals surface area contributed by atoms with Gasteiger partial charge in [-0.1, -0.05) is 25.1 Å². The lowest BCUT2D eigenvalue weighted by Crippen LogP contribution is -2.18. The average molecular weight is 202 g/mol. The molecule has 0 aromatic carbocycles. The van der Waals surface area contributed by atoms with Crippen molar-refractivity contribution in [3.05, 3.63) is 0 Å². The van der Waals surface area contributed by atoms with Crippen molar-refractivity contribution in [2.45, 2.75) is 32.1 Å². The molecule has 1 aliphatic carbocycles. The zero-order valence-electron chi connectivity index (χ0n) is 7.34. The molecule has 1 fully saturated rings. The summed E-state index contributed by atoms with van der Waals surface area (Å²) in [6, 6.07) is 0. The molecule has 1 unspecified atom stereocenters. The van der Waals surface area contributed by atoms with E-state index in [1.165, 1.54) is 6.42 Å². The van der Waals surface area contributed by atoms with Gasteiger partial charge in [-0.2, -0.15) is 0 Å². The second-order valence-corrected chi connectivity index (χ2v) is 4.69. The number of carbonyl (C=O) groups excluding carboxylic acids is 1. The van der Waals surface area contributed by atoms with E-state index >= 15 is 0 Å². The smallest absolute Gasteiger partial charge is 0.141 e. The maximum atomic E-state index is 11.5. The second-order valence-electron chi connectivity index (χ2n) is 3.14. The second kappa shape index (κ2) is 4.97. The largest absolute Gasteiger partial charge is 0.299 e. The number of thioether (sulfide) groups is 1. The van der Waals surface area contributed by atoms with E-state index in [4.69, 9.17) is 12.2 Å². The van der Waals surface area contributed by atoms with Crippen LogP contribution in [0.1, 0.15) is 32.1 Å². The first-order valence-corrected chi connectivity index (χ1v) is 5.99. The highest BCUT2D eigenvalue weighted by molar-refractivity contribution is 8.22. The molecule has 1 rings (SSSR count). The van der Waals surface area contributed by atoms with Crippen molar-refractivity contribution in [3.63, 3.8) is 0 Å². The van der Waals surface area contributed by atoms with Gasteiger partial charge in [0.05, 0.1) is 10.1 Å². The molecule has 0 N–H and O–H groups in total. The highest BCUT2D eigenvalue weighted by Crippen LogP contribution is 2.24. The maximum absolute atomic E-state index is 11.5. The molecule has 0 bridgehead atoms. The van der Waals surface area contributed by atoms with Crippen LogP contribution in [-0.2, 0) is 4.79 Å². The summed E-state index contributed by atoms with van der Waals surface area (Å²) in [6.45, 7) is 0. The van der Waals surface area contributed by atoms with E-state index in [2.05, 4.69) is 0 Å². The SMILES string of the molecule is CSC(=S)C1CCCCCC1=O. The van der Waals surface area contributed by atoms with Crippen LogP contribution in [0.3, 0.4) is 0 Å². The van der Waals surface area contributed by atoms with E-state index < -0.39 is 0 Å². The van der Waals surface area contributed by atoms with Crippen molar-refractivity contribution in [2.24, 2.45) is 5.92 Å². The summed E-state index contributed by atoms with van der Waals surface area (Å²) in [5.74, 6) is 0.448. The maximum Gasteiger partial charge on any atom is 0.141 e. The first kappa shape index (κ1) is 10.2. The van der Waals surface area contributed by atoms with E-state index in [1.807, 2.05) is 6.26 Å². The van der Waals surface area contributed by atoms with Crippen LogP contribution >= 0.6 is 24.0 Å². The minimum atomic E-state index is 0.0810. The van der Waals surface area contributed by atoms with Crippen molar-refractivity contribution in [1.29, 1.82) is 0 Å². The van der Waals surface area contributed by atoms with Crippen LogP contribution in [0.5, 0.6) is 0 Å². The van der Waals surface area contributed by atoms with Gasteiger partial charge >= 0.3 is 0 Å². The standard InChI is InChI=1S/C9H14OS2/c1-12-9(11)7-5-3-2-4-6-8(7)10/h7H,2-6H2,1H3. The molecule has 0 aromatic heterocycles. The van der Waals surface area contributed by atoms with Gasteiger partial charge in [-0.15, -0.1) is 11.8 Å². The summed E-state index contributed by atoms with van der Waals surface area (Å²) in [6.07, 6.45) is 7.10. The Hall–Kier alpha value is 0.110. The van der Waals surface area contributed by atoms with Crippen LogP contribution < -0.4 is 0 Å². The van der Waals surface area contributed by atoms with E-state index in [9.17, 15) is 4.79 Å². The fourth-order valence-electron chi connectivity index (χ4n) is 1.55. The van der Waals surface area contributed by atoms with Gasteiger partial charge in [0.2, 0.25) is 0 Å². The van der Waals surface area contributed by atoms with Crippen molar-refractivity contribution >= 4 is 34.0 Å². The number of ketones is 1. The first-order chi connectivity index (χ1) is 5.75. The molecule has 0 aromatic rings. The lowest BCUT2D eigenvalue weighted by atomic mass is 10.0. The van der Waals surface area contributed by atoms with E-state index in [-0.39, 0.29) is 5.92 Å². The van der Waals surface area contributed by atoms with Gasteiger partial charge in [0.1, 0.15) is 5.78 Å². The van der Waals surface area contributed by atoms with Gasteiger partial charge in [0.25, 0.3) is 0 Å². The lowest BCUT2D eigenvalue weighted by molar-refractivity contribution is -0.120. The third kappa shape index (κ3) is 2.56. The van der Waals surface area contributed by atoms with E-state index in [1.54, 1.807) is 11.8 Å². The molecule has 1 atom stereocenters. The Balaban J connectivity index is 2.59. The highest BCUT2D eigenvalue weighted by Gasteiger charge is 2.23. The quantitative estimate of drug-likeness (QED) is 0.481. The number of hydrogen-bond donors (Lipinski definition) is 0. The van der Waals surface area contributed by atoms with Gasteiger partial charge in [0.15, 0.2) is 0 Å². The number of thiocarbonyl (C=S) groups is 1. The molecule has 68 valence electrons. The normalized spacial score (nSPS) is 25.1. The summed E-state index contributed by atoms with van der Waals surface area (Å²) in [4.78, 5) is 11.5. The van der Waals surface area contributed by atoms with Gasteiger partial charge in [-0.05, 0) is 19.1 Å². The topological polar surface area (TPSA) is 17.1 Å². The van der Waals surface area contributed by atoms with Crippen LogP contribution in [0, 0.1) is 5.92 Å². The molecule has 0 amide bonds. The zero-order chi connectivity index (χ0) is 8.97. The fraction of sp³-hybridized carbons (Fsp3) is 0.778. The van der Waals surface area contributed by atoms with Gasteiger partial charge < -0.3 is 0 Å². The Kier molecular flexibility index (Phi) is 4.22.